The van der Waals surface area contributed by atoms with Gasteiger partial charge in [0, 0.05) is 6.42 Å². The fourth-order valence-electron chi connectivity index (χ4n) is 2.42. The zero-order valence-corrected chi connectivity index (χ0v) is 15.4. The van der Waals surface area contributed by atoms with Gasteiger partial charge in [0.25, 0.3) is 11.6 Å². The Bertz CT molecular complexity index is 824. The molecule has 0 bridgehead atoms. The molecular formula is C18H21N3O6. The van der Waals surface area contributed by atoms with Gasteiger partial charge in [-0.1, -0.05) is 48.9 Å². The largest absolute Gasteiger partial charge is 0.613 e. The number of ether oxygens (including phenoxy) is 2. The van der Waals surface area contributed by atoms with E-state index in [0.29, 0.717) is 0 Å². The van der Waals surface area contributed by atoms with Crippen molar-refractivity contribution in [2.24, 2.45) is 5.92 Å². The summed E-state index contributed by atoms with van der Waals surface area (Å²) in [5, 5.41) is 24.0. The summed E-state index contributed by atoms with van der Waals surface area (Å²) in [5.41, 5.74) is 0.149. The first-order chi connectivity index (χ1) is 12.8. The van der Waals surface area contributed by atoms with Crippen LogP contribution >= 0.6 is 0 Å². The van der Waals surface area contributed by atoms with E-state index in [1.165, 1.54) is 0 Å². The van der Waals surface area contributed by atoms with Gasteiger partial charge in [-0.25, -0.2) is 4.79 Å². The summed E-state index contributed by atoms with van der Waals surface area (Å²) < 4.78 is 10.6. The highest BCUT2D eigenvalue weighted by molar-refractivity contribution is 5.90. The minimum atomic E-state index is -1.05. The molecule has 1 aromatic carbocycles. The van der Waals surface area contributed by atoms with Crippen LogP contribution in [0, 0.1) is 21.2 Å². The summed E-state index contributed by atoms with van der Waals surface area (Å²) in [6, 6.07) is 9.15. The molecule has 144 valence electrons. The molecule has 9 nitrogen and oxygen atoms in total. The van der Waals surface area contributed by atoms with Crippen molar-refractivity contribution >= 4 is 11.8 Å². The molecule has 2 rings (SSSR count). The second kappa shape index (κ2) is 8.93. The molecule has 1 aromatic heterocycles. The number of nitrogens with zero attached hydrogens (tertiary/aromatic N) is 3. The standard InChI is InChI=1S/C18H21N3O6/c1-4-26-18(22)15-17(21(24)25)20(23)14(10-12(2)3)16(19-15)27-11-13-8-6-5-7-9-13/h5-9,12H,4,10-11H2,1-3H3. The number of carbonyl (C=O) groups excluding carboxylic acids is 1. The third-order valence-electron chi connectivity index (χ3n) is 3.57. The molecule has 0 N–H and O–H groups in total. The van der Waals surface area contributed by atoms with Crippen molar-refractivity contribution in [2.75, 3.05) is 6.61 Å². The van der Waals surface area contributed by atoms with Crippen LogP contribution in [0.1, 0.15) is 42.5 Å². The molecule has 0 spiro atoms. The molecule has 0 unspecified atom stereocenters. The molecule has 1 heterocycles. The second-order valence-corrected chi connectivity index (χ2v) is 6.18. The zero-order chi connectivity index (χ0) is 20.0. The molecule has 9 heteroatoms. The predicted molar refractivity (Wildman–Crippen MR) is 95.1 cm³/mol. The van der Waals surface area contributed by atoms with Gasteiger partial charge in [0.15, 0.2) is 0 Å². The molecule has 0 saturated heterocycles. The van der Waals surface area contributed by atoms with E-state index in [0.717, 1.165) is 5.56 Å². The Kier molecular flexibility index (Phi) is 6.64. The maximum absolute atomic E-state index is 12.7. The summed E-state index contributed by atoms with van der Waals surface area (Å²) in [5.74, 6) is -2.11. The van der Waals surface area contributed by atoms with Crippen LogP contribution in [0.2, 0.25) is 0 Å². The SMILES string of the molecule is CCOC(=O)c1nc(OCc2ccccc2)c(CC(C)C)[n+]([O-])c1[N+](=O)[O-]. The summed E-state index contributed by atoms with van der Waals surface area (Å²) in [7, 11) is 0. The van der Waals surface area contributed by atoms with E-state index in [1.54, 1.807) is 6.92 Å². The van der Waals surface area contributed by atoms with Crippen molar-refractivity contribution in [3.8, 4) is 5.88 Å². The third-order valence-corrected chi connectivity index (χ3v) is 3.57. The van der Waals surface area contributed by atoms with E-state index in [2.05, 4.69) is 4.98 Å². The van der Waals surface area contributed by atoms with Gasteiger partial charge in [-0.05, 0) is 18.4 Å². The third kappa shape index (κ3) is 4.90. The topological polar surface area (TPSA) is 118 Å². The van der Waals surface area contributed by atoms with Crippen LogP contribution in [-0.4, -0.2) is 22.5 Å². The lowest BCUT2D eigenvalue weighted by Gasteiger charge is -2.13. The summed E-state index contributed by atoms with van der Waals surface area (Å²) >= 11 is 0. The van der Waals surface area contributed by atoms with Crippen LogP contribution in [0.5, 0.6) is 5.88 Å². The number of benzene rings is 1. The highest BCUT2D eigenvalue weighted by atomic mass is 16.6. The van der Waals surface area contributed by atoms with Crippen LogP contribution < -0.4 is 9.47 Å². The Balaban J connectivity index is 2.53. The van der Waals surface area contributed by atoms with Gasteiger partial charge in [0.1, 0.15) is 11.5 Å². The maximum Gasteiger partial charge on any atom is 0.547 e. The molecule has 2 aromatic rings. The Morgan fingerprint density at radius 1 is 1.30 bits per heavy atom. The molecule has 0 aliphatic carbocycles. The Hall–Kier alpha value is -3.23. The molecule has 27 heavy (non-hydrogen) atoms. The Morgan fingerprint density at radius 2 is 1.96 bits per heavy atom. The van der Waals surface area contributed by atoms with Crippen molar-refractivity contribution in [1.29, 1.82) is 0 Å². The first kappa shape index (κ1) is 20.1. The van der Waals surface area contributed by atoms with Crippen molar-refractivity contribution in [1.82, 2.24) is 4.98 Å². The van der Waals surface area contributed by atoms with Gasteiger partial charge in [-0.15, -0.1) is 0 Å². The number of rotatable bonds is 8. The highest BCUT2D eigenvalue weighted by Gasteiger charge is 2.38. The van der Waals surface area contributed by atoms with Crippen molar-refractivity contribution in [2.45, 2.75) is 33.8 Å². The van der Waals surface area contributed by atoms with Gasteiger partial charge >= 0.3 is 17.5 Å². The number of hydrogen-bond donors (Lipinski definition) is 0. The van der Waals surface area contributed by atoms with Gasteiger partial charge in [-0.3, -0.25) is 10.1 Å². The Morgan fingerprint density at radius 3 is 2.52 bits per heavy atom. The number of esters is 1. The average molecular weight is 375 g/mol. The van der Waals surface area contributed by atoms with E-state index >= 15 is 0 Å². The molecule has 0 aliphatic rings. The lowest BCUT2D eigenvalue weighted by atomic mass is 10.1. The van der Waals surface area contributed by atoms with Crippen molar-refractivity contribution in [3.63, 3.8) is 0 Å². The zero-order valence-electron chi connectivity index (χ0n) is 15.4. The number of nitro groups is 1. The van der Waals surface area contributed by atoms with Crippen LogP contribution in [0.15, 0.2) is 30.3 Å². The van der Waals surface area contributed by atoms with Gasteiger partial charge < -0.3 is 14.7 Å². The lowest BCUT2D eigenvalue weighted by Crippen LogP contribution is -2.39. The molecule has 0 radical (unpaired) electrons. The van der Waals surface area contributed by atoms with Crippen LogP contribution in [0.3, 0.4) is 0 Å². The minimum absolute atomic E-state index is 0.000629. The van der Waals surface area contributed by atoms with Gasteiger partial charge in [0.2, 0.25) is 0 Å². The molecule has 0 amide bonds. The molecule has 0 saturated carbocycles. The molecule has 0 fully saturated rings. The smallest absolute Gasteiger partial charge is 0.547 e. The first-order valence-electron chi connectivity index (χ1n) is 8.49. The van der Waals surface area contributed by atoms with Crippen molar-refractivity contribution < 1.29 is 23.9 Å². The summed E-state index contributed by atoms with van der Waals surface area (Å²) in [4.78, 5) is 26.5. The maximum atomic E-state index is 12.7. The van der Waals surface area contributed by atoms with E-state index in [-0.39, 0.29) is 41.9 Å². The monoisotopic (exact) mass is 375 g/mol. The summed E-state index contributed by atoms with van der Waals surface area (Å²) in [6.07, 6.45) is 0.199. The van der Waals surface area contributed by atoms with Gasteiger partial charge in [0.05, 0.1) is 6.61 Å². The normalized spacial score (nSPS) is 10.7. The molecule has 0 aliphatic heterocycles. The van der Waals surface area contributed by atoms with E-state index < -0.39 is 22.4 Å². The Labute approximate surface area is 156 Å². The lowest BCUT2D eigenvalue weighted by molar-refractivity contribution is -0.672. The van der Waals surface area contributed by atoms with Crippen LogP contribution in [-0.2, 0) is 17.8 Å². The number of carbonyl (C=O) groups is 1. The minimum Gasteiger partial charge on any atom is -0.613 e. The summed E-state index contributed by atoms with van der Waals surface area (Å²) in [6.45, 7) is 5.34. The number of aromatic nitrogens is 2. The fourth-order valence-corrected chi connectivity index (χ4v) is 2.42. The molecular weight excluding hydrogens is 354 g/mol. The van der Waals surface area contributed by atoms with Crippen molar-refractivity contribution in [3.05, 3.63) is 62.6 Å². The predicted octanol–water partition coefficient (Wildman–Crippen LogP) is 2.58. The van der Waals surface area contributed by atoms with Crippen LogP contribution in [0.25, 0.3) is 0 Å². The highest BCUT2D eigenvalue weighted by Crippen LogP contribution is 2.23. The first-order valence-corrected chi connectivity index (χ1v) is 8.49. The number of hydrogen-bond acceptors (Lipinski definition) is 7. The van der Waals surface area contributed by atoms with E-state index in [4.69, 9.17) is 9.47 Å². The van der Waals surface area contributed by atoms with Gasteiger partial charge in [-0.2, -0.15) is 4.98 Å². The molecule has 0 atom stereocenters. The average Bonchev–Trinajstić information content (AvgIpc) is 2.62. The van der Waals surface area contributed by atoms with E-state index in [9.17, 15) is 20.1 Å². The van der Waals surface area contributed by atoms with Crippen LogP contribution in [0.4, 0.5) is 5.82 Å². The fraction of sp³-hybridized carbons (Fsp3) is 0.389. The van der Waals surface area contributed by atoms with E-state index in [1.807, 2.05) is 44.2 Å². The quantitative estimate of drug-likeness (QED) is 0.229. The second-order valence-electron chi connectivity index (χ2n) is 6.18.